The van der Waals surface area contributed by atoms with Crippen molar-refractivity contribution in [2.24, 2.45) is 0 Å². The fraction of sp³-hybridized carbons (Fsp3) is 0.300. The van der Waals surface area contributed by atoms with Crippen LogP contribution in [-0.2, 0) is 12.8 Å². The molecule has 2 heteroatoms. The van der Waals surface area contributed by atoms with Gasteiger partial charge in [-0.25, -0.2) is 0 Å². The molecular weight excluding hydrogens is 508 g/mol. The minimum atomic E-state index is 0.439. The molecule has 0 aromatic heterocycles. The first-order valence-corrected chi connectivity index (χ1v) is 15.9. The molecule has 4 aromatic rings. The van der Waals surface area contributed by atoms with Gasteiger partial charge in [-0.2, -0.15) is 0 Å². The van der Waals surface area contributed by atoms with E-state index in [2.05, 4.69) is 128 Å². The summed E-state index contributed by atoms with van der Waals surface area (Å²) in [5.41, 5.74) is 17.3. The van der Waals surface area contributed by atoms with Gasteiger partial charge in [0.15, 0.2) is 0 Å². The second kappa shape index (κ2) is 10.1. The lowest BCUT2D eigenvalue weighted by Crippen LogP contribution is -2.33. The highest BCUT2D eigenvalue weighted by Crippen LogP contribution is 2.52. The Morgan fingerprint density at radius 3 is 1.90 bits per heavy atom. The van der Waals surface area contributed by atoms with Crippen molar-refractivity contribution in [2.45, 2.75) is 70.8 Å². The normalized spacial score (nSPS) is 22.2. The number of aryl methyl sites for hydroxylation is 2. The Kier molecular flexibility index (Phi) is 6.14. The van der Waals surface area contributed by atoms with Crippen molar-refractivity contribution < 1.29 is 0 Å². The van der Waals surface area contributed by atoms with Crippen LogP contribution in [0.4, 0.5) is 22.7 Å². The Morgan fingerprint density at radius 1 is 0.619 bits per heavy atom. The quantitative estimate of drug-likeness (QED) is 0.250. The first kappa shape index (κ1) is 25.7. The first-order valence-electron chi connectivity index (χ1n) is 15.9. The molecule has 0 bridgehead atoms. The van der Waals surface area contributed by atoms with Gasteiger partial charge in [-0.05, 0) is 99.4 Å². The molecule has 2 aliphatic carbocycles. The number of hydrogen-bond acceptors (Lipinski definition) is 2. The fourth-order valence-corrected chi connectivity index (χ4v) is 8.36. The summed E-state index contributed by atoms with van der Waals surface area (Å²) in [6, 6.07) is 32.6. The van der Waals surface area contributed by atoms with Gasteiger partial charge in [0.05, 0.1) is 0 Å². The van der Waals surface area contributed by atoms with Crippen LogP contribution in [0.2, 0.25) is 0 Å². The molecule has 0 amide bonds. The third kappa shape index (κ3) is 3.99. The average molecular weight is 549 g/mol. The van der Waals surface area contributed by atoms with Crippen molar-refractivity contribution in [3.05, 3.63) is 129 Å². The van der Waals surface area contributed by atoms with Crippen LogP contribution in [0, 0.1) is 0 Å². The van der Waals surface area contributed by atoms with Crippen LogP contribution >= 0.6 is 0 Å². The summed E-state index contributed by atoms with van der Waals surface area (Å²) < 4.78 is 0. The summed E-state index contributed by atoms with van der Waals surface area (Å²) in [5.74, 6) is 0.881. The molecule has 4 aromatic carbocycles. The summed E-state index contributed by atoms with van der Waals surface area (Å²) in [7, 11) is 0. The number of nitrogens with zero attached hydrogens (tertiary/aromatic N) is 2. The van der Waals surface area contributed by atoms with Crippen LogP contribution in [0.5, 0.6) is 0 Å². The minimum Gasteiger partial charge on any atom is -0.341 e. The smallest absolute Gasteiger partial charge is 0.0489 e. The van der Waals surface area contributed by atoms with E-state index in [1.54, 1.807) is 0 Å². The maximum atomic E-state index is 2.61. The van der Waals surface area contributed by atoms with Crippen LogP contribution in [-0.4, -0.2) is 12.6 Å². The predicted molar refractivity (Wildman–Crippen MR) is 178 cm³/mol. The fourth-order valence-electron chi connectivity index (χ4n) is 8.36. The lowest BCUT2D eigenvalue weighted by Gasteiger charge is -2.38. The Labute approximate surface area is 251 Å². The van der Waals surface area contributed by atoms with E-state index < -0.39 is 0 Å². The van der Waals surface area contributed by atoms with Crippen molar-refractivity contribution in [3.63, 3.8) is 0 Å². The lowest BCUT2D eigenvalue weighted by molar-refractivity contribution is 0.616. The molecule has 42 heavy (non-hydrogen) atoms. The Balaban J connectivity index is 1.14. The molecule has 4 aliphatic rings. The van der Waals surface area contributed by atoms with Gasteiger partial charge in [-0.1, -0.05) is 84.0 Å². The van der Waals surface area contributed by atoms with E-state index in [-0.39, 0.29) is 0 Å². The number of allylic oxidation sites excluding steroid dienone is 2. The molecule has 2 nitrogen and oxygen atoms in total. The second-order valence-electron chi connectivity index (χ2n) is 12.9. The maximum Gasteiger partial charge on any atom is 0.0489 e. The van der Waals surface area contributed by atoms with Crippen LogP contribution in [0.25, 0.3) is 12.2 Å². The highest BCUT2D eigenvalue weighted by atomic mass is 15.2. The second-order valence-corrected chi connectivity index (χ2v) is 12.9. The molecule has 0 radical (unpaired) electrons. The summed E-state index contributed by atoms with van der Waals surface area (Å²) in [6.07, 6.45) is 10.9. The van der Waals surface area contributed by atoms with Crippen LogP contribution < -0.4 is 9.80 Å². The molecule has 3 atom stereocenters. The number of rotatable bonds is 4. The van der Waals surface area contributed by atoms with Crippen LogP contribution in [0.15, 0.2) is 96.1 Å². The molecule has 0 spiro atoms. The predicted octanol–water partition coefficient (Wildman–Crippen LogP) is 10.3. The molecular formula is C40H40N2. The largest absolute Gasteiger partial charge is 0.341 e. The zero-order valence-electron chi connectivity index (χ0n) is 25.1. The van der Waals surface area contributed by atoms with Crippen molar-refractivity contribution in [1.82, 2.24) is 0 Å². The Bertz CT molecular complexity index is 1760. The van der Waals surface area contributed by atoms with Gasteiger partial charge in [0.25, 0.3) is 0 Å². The molecule has 0 fully saturated rings. The molecule has 3 unspecified atom stereocenters. The molecule has 0 saturated carbocycles. The zero-order chi connectivity index (χ0) is 28.4. The zero-order valence-corrected chi connectivity index (χ0v) is 25.1. The van der Waals surface area contributed by atoms with Gasteiger partial charge in [-0.15, -0.1) is 0 Å². The van der Waals surface area contributed by atoms with Crippen LogP contribution in [0.1, 0.15) is 85.3 Å². The van der Waals surface area contributed by atoms with Crippen molar-refractivity contribution in [3.8, 4) is 0 Å². The monoisotopic (exact) mass is 548 g/mol. The van der Waals surface area contributed by atoms with E-state index >= 15 is 0 Å². The van der Waals surface area contributed by atoms with Gasteiger partial charge in [-0.3, -0.25) is 0 Å². The molecule has 210 valence electrons. The number of fused-ring (bicyclic) bond motifs is 4. The minimum absolute atomic E-state index is 0.439. The third-order valence-electron chi connectivity index (χ3n) is 10.5. The van der Waals surface area contributed by atoms with Gasteiger partial charge in [0.2, 0.25) is 0 Å². The molecule has 0 saturated heterocycles. The Hall–Kier alpha value is -4.04. The van der Waals surface area contributed by atoms with Crippen molar-refractivity contribution >= 4 is 34.9 Å². The van der Waals surface area contributed by atoms with E-state index in [1.165, 1.54) is 86.5 Å². The standard InChI is InChI=1S/C40H40N2/c1-26-23-35-31(14-8-18-39(35)41-22-10-13-29-11-4-6-16-37(29)41)33(26)25-34-27(2)24-36-32(34)15-9-19-40(36)42-28(3)20-21-30-12-5-7-17-38(30)42/h4-9,11-12,14-19,23-24,28,33-34H,10,13,20-22,25H2,1-3H3. The van der Waals surface area contributed by atoms with E-state index in [9.17, 15) is 0 Å². The average Bonchev–Trinajstić information content (AvgIpc) is 3.52. The topological polar surface area (TPSA) is 6.48 Å². The number of para-hydroxylation sites is 2. The van der Waals surface area contributed by atoms with Gasteiger partial charge in [0, 0.05) is 58.3 Å². The highest BCUT2D eigenvalue weighted by molar-refractivity contribution is 5.84. The summed E-state index contributed by atoms with van der Waals surface area (Å²) in [5, 5.41) is 0. The van der Waals surface area contributed by atoms with E-state index in [0.717, 1.165) is 19.4 Å². The van der Waals surface area contributed by atoms with E-state index in [1.807, 2.05) is 0 Å². The third-order valence-corrected chi connectivity index (χ3v) is 10.5. The van der Waals surface area contributed by atoms with Crippen molar-refractivity contribution in [2.75, 3.05) is 16.3 Å². The summed E-state index contributed by atoms with van der Waals surface area (Å²) in [4.78, 5) is 5.19. The van der Waals surface area contributed by atoms with Crippen molar-refractivity contribution in [1.29, 1.82) is 0 Å². The lowest BCUT2D eigenvalue weighted by atomic mass is 9.82. The van der Waals surface area contributed by atoms with E-state index in [4.69, 9.17) is 0 Å². The van der Waals surface area contributed by atoms with Gasteiger partial charge in [0.1, 0.15) is 0 Å². The highest BCUT2D eigenvalue weighted by Gasteiger charge is 2.35. The Morgan fingerprint density at radius 2 is 1.19 bits per heavy atom. The van der Waals surface area contributed by atoms with E-state index in [0.29, 0.717) is 17.9 Å². The van der Waals surface area contributed by atoms with Gasteiger partial charge < -0.3 is 9.80 Å². The maximum absolute atomic E-state index is 2.61. The number of benzene rings is 4. The molecule has 2 aliphatic heterocycles. The summed E-state index contributed by atoms with van der Waals surface area (Å²) >= 11 is 0. The molecule has 0 N–H and O–H groups in total. The van der Waals surface area contributed by atoms with Gasteiger partial charge >= 0.3 is 0 Å². The molecule has 2 heterocycles. The SMILES string of the molecule is CC1=Cc2c(cccc2N2CCCc3ccccc32)C1CC1C(C)=Cc2c1cccc2N1c2ccccc2CCC1C. The number of hydrogen-bond donors (Lipinski definition) is 0. The summed E-state index contributed by atoms with van der Waals surface area (Å²) in [6.45, 7) is 8.19. The molecule has 8 rings (SSSR count). The first-order chi connectivity index (χ1) is 20.6. The number of anilines is 4. The van der Waals surface area contributed by atoms with Crippen LogP contribution in [0.3, 0.4) is 0 Å².